The van der Waals surface area contributed by atoms with E-state index in [2.05, 4.69) is 16.4 Å². The molecule has 1 amide bonds. The van der Waals surface area contributed by atoms with Crippen molar-refractivity contribution < 1.29 is 14.3 Å². The van der Waals surface area contributed by atoms with Gasteiger partial charge in [0.15, 0.2) is 0 Å². The second kappa shape index (κ2) is 16.0. The van der Waals surface area contributed by atoms with E-state index < -0.39 is 0 Å². The van der Waals surface area contributed by atoms with Gasteiger partial charge in [0.2, 0.25) is 5.91 Å². The molecule has 2 rings (SSSR count). The van der Waals surface area contributed by atoms with Crippen molar-refractivity contribution in [2.75, 3.05) is 20.6 Å². The molecule has 0 aliphatic carbocycles. The van der Waals surface area contributed by atoms with Crippen LogP contribution in [0.3, 0.4) is 0 Å². The van der Waals surface area contributed by atoms with Crippen LogP contribution in [0.15, 0.2) is 54.9 Å². The summed E-state index contributed by atoms with van der Waals surface area (Å²) < 4.78 is 5.38. The van der Waals surface area contributed by atoms with Gasteiger partial charge in [-0.2, -0.15) is 0 Å². The number of ether oxygens (including phenoxy) is 1. The minimum absolute atomic E-state index is 0.00860. The molecule has 1 unspecified atom stereocenters. The fourth-order valence-electron chi connectivity index (χ4n) is 3.77. The lowest BCUT2D eigenvalue weighted by atomic mass is 10.1. The van der Waals surface area contributed by atoms with Crippen molar-refractivity contribution in [3.05, 3.63) is 66.0 Å². The first-order valence-electron chi connectivity index (χ1n) is 12.1. The Kier molecular flexibility index (Phi) is 12.8. The monoisotopic (exact) mass is 453 g/mol. The predicted octanol–water partition coefficient (Wildman–Crippen LogP) is 4.53. The van der Waals surface area contributed by atoms with Gasteiger partial charge in [-0.25, -0.2) is 0 Å². The van der Waals surface area contributed by atoms with Crippen molar-refractivity contribution in [1.82, 2.24) is 15.2 Å². The van der Waals surface area contributed by atoms with Crippen LogP contribution in [0.4, 0.5) is 0 Å². The molecule has 6 heteroatoms. The number of rotatable bonds is 16. The fourth-order valence-corrected chi connectivity index (χ4v) is 3.77. The van der Waals surface area contributed by atoms with E-state index in [1.54, 1.807) is 6.20 Å². The van der Waals surface area contributed by atoms with Gasteiger partial charge in [0.25, 0.3) is 0 Å². The Morgan fingerprint density at radius 3 is 2.33 bits per heavy atom. The van der Waals surface area contributed by atoms with Crippen molar-refractivity contribution >= 4 is 11.9 Å². The SMILES string of the molecule is CN(C)CC(CC(=O)OCc1ccccc1)NC(=O)CCCCCCCCc1cccnc1. The molecule has 0 aliphatic rings. The van der Waals surface area contributed by atoms with Crippen LogP contribution in [0.2, 0.25) is 0 Å². The Balaban J connectivity index is 1.57. The molecule has 1 aromatic heterocycles. The minimum Gasteiger partial charge on any atom is -0.461 e. The number of esters is 1. The molecule has 2 aromatic rings. The molecule has 0 saturated heterocycles. The maximum absolute atomic E-state index is 12.4. The third-order valence-corrected chi connectivity index (χ3v) is 5.45. The Morgan fingerprint density at radius 2 is 1.64 bits per heavy atom. The van der Waals surface area contributed by atoms with Crippen molar-refractivity contribution in [2.24, 2.45) is 0 Å². The minimum atomic E-state index is -0.294. The standard InChI is InChI=1S/C27H39N3O3/c1-30(2)21-25(19-27(32)33-22-24-14-9-7-10-15-24)29-26(31)17-11-6-4-3-5-8-13-23-16-12-18-28-20-23/h7,9-10,12,14-16,18,20,25H,3-6,8,11,13,17,19,21-22H2,1-2H3,(H,29,31). The van der Waals surface area contributed by atoms with Gasteiger partial charge in [0.1, 0.15) is 6.61 Å². The number of unbranched alkanes of at least 4 members (excludes halogenated alkanes) is 5. The summed E-state index contributed by atoms with van der Waals surface area (Å²) >= 11 is 0. The van der Waals surface area contributed by atoms with E-state index in [0.717, 1.165) is 31.2 Å². The van der Waals surface area contributed by atoms with Crippen LogP contribution in [-0.4, -0.2) is 48.4 Å². The number of hydrogen-bond acceptors (Lipinski definition) is 5. The highest BCUT2D eigenvalue weighted by molar-refractivity contribution is 5.77. The molecule has 180 valence electrons. The maximum atomic E-state index is 12.4. The number of hydrogen-bond donors (Lipinski definition) is 1. The molecular weight excluding hydrogens is 414 g/mol. The number of aromatic nitrogens is 1. The van der Waals surface area contributed by atoms with Crippen molar-refractivity contribution in [2.45, 2.75) is 70.4 Å². The van der Waals surface area contributed by atoms with Crippen LogP contribution in [0, 0.1) is 0 Å². The van der Waals surface area contributed by atoms with Crippen LogP contribution in [0.25, 0.3) is 0 Å². The van der Waals surface area contributed by atoms with E-state index >= 15 is 0 Å². The van der Waals surface area contributed by atoms with Gasteiger partial charge in [0.05, 0.1) is 12.5 Å². The van der Waals surface area contributed by atoms with Gasteiger partial charge in [-0.1, -0.05) is 62.1 Å². The molecular formula is C27H39N3O3. The zero-order valence-corrected chi connectivity index (χ0v) is 20.2. The largest absolute Gasteiger partial charge is 0.461 e. The van der Waals surface area contributed by atoms with Gasteiger partial charge in [-0.05, 0) is 50.6 Å². The van der Waals surface area contributed by atoms with E-state index in [0.29, 0.717) is 13.0 Å². The molecule has 1 aromatic carbocycles. The fraction of sp³-hybridized carbons (Fsp3) is 0.519. The lowest BCUT2D eigenvalue weighted by Crippen LogP contribution is -2.43. The van der Waals surface area contributed by atoms with Gasteiger partial charge in [-0.15, -0.1) is 0 Å². The van der Waals surface area contributed by atoms with Crippen LogP contribution >= 0.6 is 0 Å². The number of amides is 1. The Labute approximate surface area is 198 Å². The van der Waals surface area contributed by atoms with E-state index in [4.69, 9.17) is 4.74 Å². The maximum Gasteiger partial charge on any atom is 0.308 e. The smallest absolute Gasteiger partial charge is 0.308 e. The topological polar surface area (TPSA) is 71.5 Å². The van der Waals surface area contributed by atoms with Crippen LogP contribution < -0.4 is 5.32 Å². The van der Waals surface area contributed by atoms with E-state index in [1.807, 2.05) is 61.6 Å². The number of carbonyl (C=O) groups excluding carboxylic acids is 2. The summed E-state index contributed by atoms with van der Waals surface area (Å²) in [5.74, 6) is -0.286. The van der Waals surface area contributed by atoms with Crippen molar-refractivity contribution in [3.63, 3.8) is 0 Å². The zero-order chi connectivity index (χ0) is 23.7. The highest BCUT2D eigenvalue weighted by Crippen LogP contribution is 2.11. The summed E-state index contributed by atoms with van der Waals surface area (Å²) in [5, 5.41) is 3.02. The normalized spacial score (nSPS) is 11.8. The first kappa shape index (κ1) is 26.5. The van der Waals surface area contributed by atoms with E-state index in [-0.39, 0.29) is 30.9 Å². The average Bonchev–Trinajstić information content (AvgIpc) is 2.80. The molecule has 0 radical (unpaired) electrons. The first-order chi connectivity index (χ1) is 16.0. The molecule has 1 N–H and O–H groups in total. The molecule has 0 bridgehead atoms. The van der Waals surface area contributed by atoms with Gasteiger partial charge >= 0.3 is 5.97 Å². The van der Waals surface area contributed by atoms with Gasteiger partial charge < -0.3 is 15.0 Å². The summed E-state index contributed by atoms with van der Waals surface area (Å²) in [6, 6.07) is 13.5. The lowest BCUT2D eigenvalue weighted by Gasteiger charge is -2.22. The summed E-state index contributed by atoms with van der Waals surface area (Å²) in [6.07, 6.45) is 12.1. The number of benzene rings is 1. The quantitative estimate of drug-likeness (QED) is 0.299. The summed E-state index contributed by atoms with van der Waals surface area (Å²) in [7, 11) is 3.87. The van der Waals surface area contributed by atoms with Crippen molar-refractivity contribution in [3.8, 4) is 0 Å². The summed E-state index contributed by atoms with van der Waals surface area (Å²) in [4.78, 5) is 30.8. The van der Waals surface area contributed by atoms with Crippen LogP contribution in [0.1, 0.15) is 62.5 Å². The molecule has 6 nitrogen and oxygen atoms in total. The van der Waals surface area contributed by atoms with Crippen molar-refractivity contribution in [1.29, 1.82) is 0 Å². The highest BCUT2D eigenvalue weighted by Gasteiger charge is 2.18. The summed E-state index contributed by atoms with van der Waals surface area (Å²) in [6.45, 7) is 0.855. The average molecular weight is 454 g/mol. The number of aryl methyl sites for hydroxylation is 1. The Bertz CT molecular complexity index is 797. The first-order valence-corrected chi connectivity index (χ1v) is 12.1. The summed E-state index contributed by atoms with van der Waals surface area (Å²) in [5.41, 5.74) is 2.25. The molecule has 0 spiro atoms. The van der Waals surface area contributed by atoms with Gasteiger partial charge in [-0.3, -0.25) is 14.6 Å². The second-order valence-corrected chi connectivity index (χ2v) is 8.86. The number of pyridine rings is 1. The highest BCUT2D eigenvalue weighted by atomic mass is 16.5. The predicted molar refractivity (Wildman–Crippen MR) is 132 cm³/mol. The number of likely N-dealkylation sites (N-methyl/N-ethyl adjacent to an activating group) is 1. The molecule has 1 atom stereocenters. The number of nitrogens with zero attached hydrogens (tertiary/aromatic N) is 2. The van der Waals surface area contributed by atoms with Gasteiger partial charge in [0, 0.05) is 25.4 Å². The molecule has 0 aliphatic heterocycles. The third kappa shape index (κ3) is 12.8. The zero-order valence-electron chi connectivity index (χ0n) is 20.2. The van der Waals surface area contributed by atoms with Crippen LogP contribution in [-0.2, 0) is 27.4 Å². The van der Waals surface area contributed by atoms with E-state index in [9.17, 15) is 9.59 Å². The molecule has 33 heavy (non-hydrogen) atoms. The molecule has 1 heterocycles. The Morgan fingerprint density at radius 1 is 0.939 bits per heavy atom. The number of carbonyl (C=O) groups is 2. The third-order valence-electron chi connectivity index (χ3n) is 5.45. The van der Waals surface area contributed by atoms with E-state index in [1.165, 1.54) is 24.8 Å². The molecule has 0 fully saturated rings. The number of nitrogens with one attached hydrogen (secondary N) is 1. The Hall–Kier alpha value is -2.73. The second-order valence-electron chi connectivity index (χ2n) is 8.86. The molecule has 0 saturated carbocycles. The van der Waals surface area contributed by atoms with Crippen LogP contribution in [0.5, 0.6) is 0 Å². The lowest BCUT2D eigenvalue weighted by molar-refractivity contribution is -0.145.